The van der Waals surface area contributed by atoms with Gasteiger partial charge in [0, 0.05) is 25.0 Å². The maximum absolute atomic E-state index is 14.4. The van der Waals surface area contributed by atoms with E-state index in [2.05, 4.69) is 30.1 Å². The predicted molar refractivity (Wildman–Crippen MR) is 127 cm³/mol. The molecule has 2 aromatic carbocycles. The van der Waals surface area contributed by atoms with Gasteiger partial charge in [0.2, 0.25) is 0 Å². The van der Waals surface area contributed by atoms with E-state index in [1.807, 2.05) is 18.2 Å². The van der Waals surface area contributed by atoms with Crippen LogP contribution in [-0.4, -0.2) is 35.4 Å². The van der Waals surface area contributed by atoms with E-state index >= 15 is 0 Å². The third-order valence-electron chi connectivity index (χ3n) is 6.91. The van der Waals surface area contributed by atoms with E-state index in [9.17, 15) is 17.6 Å². The fourth-order valence-electron chi connectivity index (χ4n) is 4.78. The minimum atomic E-state index is -4.67. The zero-order valence-electron chi connectivity index (χ0n) is 18.7. The Morgan fingerprint density at radius 2 is 1.71 bits per heavy atom. The van der Waals surface area contributed by atoms with Crippen molar-refractivity contribution in [1.82, 2.24) is 4.90 Å². The highest BCUT2D eigenvalue weighted by molar-refractivity contribution is 7.99. The molecule has 1 unspecified atom stereocenters. The maximum atomic E-state index is 14.4. The standard InChI is InChI=1S/C24H22Cl2F4N2OS/c1-21(2,3)32-11-22(12-32)16-5-4-13(6-14(16)10-33-22)19-9-23(34-31-19,24(28,29)30)15-7-17(25)20(27)18(26)8-15/h4-8H,9-12H2,1-3H3. The molecule has 0 aromatic heterocycles. The summed E-state index contributed by atoms with van der Waals surface area (Å²) in [4.78, 5) is 2.34. The molecule has 10 heteroatoms. The lowest BCUT2D eigenvalue weighted by Gasteiger charge is -2.53. The molecule has 5 rings (SSSR count). The lowest BCUT2D eigenvalue weighted by atomic mass is 9.81. The molecular formula is C24H22Cl2F4N2OS. The van der Waals surface area contributed by atoms with Crippen LogP contribution in [0, 0.1) is 5.82 Å². The van der Waals surface area contributed by atoms with E-state index in [1.54, 1.807) is 0 Å². The van der Waals surface area contributed by atoms with Crippen LogP contribution in [0.2, 0.25) is 10.0 Å². The van der Waals surface area contributed by atoms with Gasteiger partial charge in [0.25, 0.3) is 0 Å². The molecule has 1 atom stereocenters. The van der Waals surface area contributed by atoms with Crippen molar-refractivity contribution < 1.29 is 22.3 Å². The zero-order valence-corrected chi connectivity index (χ0v) is 21.0. The van der Waals surface area contributed by atoms with Gasteiger partial charge in [-0.15, -0.1) is 0 Å². The van der Waals surface area contributed by atoms with Crippen molar-refractivity contribution >= 4 is 40.9 Å². The number of hydrogen-bond acceptors (Lipinski definition) is 4. The maximum Gasteiger partial charge on any atom is 0.409 e. The van der Waals surface area contributed by atoms with Gasteiger partial charge in [0.1, 0.15) is 5.60 Å². The second kappa shape index (κ2) is 7.84. The van der Waals surface area contributed by atoms with Crippen LogP contribution in [-0.2, 0) is 21.7 Å². The van der Waals surface area contributed by atoms with Crippen LogP contribution in [0.25, 0.3) is 0 Å². The summed E-state index contributed by atoms with van der Waals surface area (Å²) in [5.74, 6) is -0.942. The molecule has 0 amide bonds. The normalized spacial score (nSPS) is 24.3. The molecule has 0 N–H and O–H groups in total. The molecular weight excluding hydrogens is 511 g/mol. The smallest absolute Gasteiger partial charge is 0.363 e. The quantitative estimate of drug-likeness (QED) is 0.231. The topological polar surface area (TPSA) is 24.8 Å². The molecule has 3 aliphatic rings. The molecule has 1 spiro atoms. The van der Waals surface area contributed by atoms with E-state index in [0.717, 1.165) is 36.3 Å². The second-order valence-corrected chi connectivity index (χ2v) is 11.9. The molecule has 3 heterocycles. The Bertz CT molecular complexity index is 1180. The summed E-state index contributed by atoms with van der Waals surface area (Å²) < 4.78 is 64.9. The lowest BCUT2D eigenvalue weighted by Crippen LogP contribution is -2.64. The third kappa shape index (κ3) is 3.68. The fraction of sp³-hybridized carbons (Fsp3) is 0.458. The first-order valence-electron chi connectivity index (χ1n) is 10.8. The van der Waals surface area contributed by atoms with Crippen LogP contribution in [0.4, 0.5) is 17.6 Å². The average Bonchev–Trinajstić information content (AvgIpc) is 3.32. The van der Waals surface area contributed by atoms with Gasteiger partial charge in [0.15, 0.2) is 10.6 Å². The zero-order chi connectivity index (χ0) is 24.7. The Morgan fingerprint density at radius 1 is 1.06 bits per heavy atom. The summed E-state index contributed by atoms with van der Waals surface area (Å²) in [6.07, 6.45) is -5.08. The van der Waals surface area contributed by atoms with Gasteiger partial charge >= 0.3 is 6.18 Å². The van der Waals surface area contributed by atoms with Crippen molar-refractivity contribution in [3.05, 3.63) is 68.4 Å². The molecule has 0 radical (unpaired) electrons. The van der Waals surface area contributed by atoms with Gasteiger partial charge in [-0.1, -0.05) is 35.3 Å². The lowest BCUT2D eigenvalue weighted by molar-refractivity contribution is -0.167. The first-order chi connectivity index (χ1) is 15.8. The number of ether oxygens (including phenoxy) is 1. The molecule has 34 heavy (non-hydrogen) atoms. The van der Waals surface area contributed by atoms with Crippen LogP contribution in [0.5, 0.6) is 0 Å². The number of rotatable bonds is 2. The summed E-state index contributed by atoms with van der Waals surface area (Å²) in [6, 6.07) is 7.61. The summed E-state index contributed by atoms with van der Waals surface area (Å²) in [7, 11) is 0. The van der Waals surface area contributed by atoms with Crippen LogP contribution < -0.4 is 0 Å². The van der Waals surface area contributed by atoms with E-state index in [-0.39, 0.29) is 16.7 Å². The minimum absolute atomic E-state index is 0.0418. The number of fused-ring (bicyclic) bond motifs is 2. The van der Waals surface area contributed by atoms with Gasteiger partial charge in [-0.25, -0.2) is 8.79 Å². The Kier molecular flexibility index (Phi) is 5.62. The molecule has 3 aliphatic heterocycles. The van der Waals surface area contributed by atoms with Crippen molar-refractivity contribution in [2.24, 2.45) is 4.40 Å². The van der Waals surface area contributed by atoms with Gasteiger partial charge in [-0.05, 0) is 73.2 Å². The average molecular weight is 533 g/mol. The number of hydrogen-bond donors (Lipinski definition) is 0. The summed E-state index contributed by atoms with van der Waals surface area (Å²) >= 11 is 12.1. The van der Waals surface area contributed by atoms with Gasteiger partial charge in [0.05, 0.1) is 22.4 Å². The van der Waals surface area contributed by atoms with Crippen molar-refractivity contribution in [3.8, 4) is 0 Å². The van der Waals surface area contributed by atoms with Gasteiger partial charge < -0.3 is 4.74 Å². The third-order valence-corrected chi connectivity index (χ3v) is 8.70. The number of nitrogens with zero attached hydrogens (tertiary/aromatic N) is 2. The molecule has 0 aliphatic carbocycles. The Morgan fingerprint density at radius 3 is 2.29 bits per heavy atom. The summed E-state index contributed by atoms with van der Waals surface area (Å²) in [5, 5.41) is -0.907. The van der Waals surface area contributed by atoms with Crippen molar-refractivity contribution in [3.63, 3.8) is 0 Å². The first-order valence-corrected chi connectivity index (χ1v) is 12.3. The van der Waals surface area contributed by atoms with E-state index in [0.29, 0.717) is 29.8 Å². The predicted octanol–water partition coefficient (Wildman–Crippen LogP) is 7.27. The Hall–Kier alpha value is -1.32. The molecule has 1 fully saturated rings. The van der Waals surface area contributed by atoms with Crippen molar-refractivity contribution in [2.75, 3.05) is 13.1 Å². The van der Waals surface area contributed by atoms with Crippen LogP contribution in [0.15, 0.2) is 34.7 Å². The highest BCUT2D eigenvalue weighted by Crippen LogP contribution is 2.57. The van der Waals surface area contributed by atoms with Gasteiger partial charge in [-0.2, -0.15) is 13.2 Å². The molecule has 1 saturated heterocycles. The Balaban J connectivity index is 1.44. The molecule has 0 bridgehead atoms. The Labute approximate surface area is 209 Å². The summed E-state index contributed by atoms with van der Waals surface area (Å²) in [6.45, 7) is 8.44. The van der Waals surface area contributed by atoms with Crippen molar-refractivity contribution in [1.29, 1.82) is 0 Å². The van der Waals surface area contributed by atoms with E-state index < -0.39 is 33.2 Å². The van der Waals surface area contributed by atoms with Crippen molar-refractivity contribution in [2.45, 2.75) is 55.9 Å². The molecule has 2 aromatic rings. The van der Waals surface area contributed by atoms with E-state index in [1.165, 1.54) is 0 Å². The van der Waals surface area contributed by atoms with Crippen LogP contribution >= 0.6 is 35.1 Å². The van der Waals surface area contributed by atoms with Gasteiger partial charge in [-0.3, -0.25) is 4.90 Å². The number of alkyl halides is 3. The molecule has 3 nitrogen and oxygen atoms in total. The monoisotopic (exact) mass is 532 g/mol. The minimum Gasteiger partial charge on any atom is -0.363 e. The van der Waals surface area contributed by atoms with Crippen LogP contribution in [0.3, 0.4) is 0 Å². The second-order valence-electron chi connectivity index (χ2n) is 10.1. The number of benzene rings is 2. The largest absolute Gasteiger partial charge is 0.409 e. The van der Waals surface area contributed by atoms with Crippen LogP contribution in [0.1, 0.15) is 49.4 Å². The fourth-order valence-corrected chi connectivity index (χ4v) is 6.24. The van der Waals surface area contributed by atoms with E-state index in [4.69, 9.17) is 27.9 Å². The molecule has 0 saturated carbocycles. The number of likely N-dealkylation sites (tertiary alicyclic amines) is 1. The highest BCUT2D eigenvalue weighted by Gasteiger charge is 2.60. The molecule has 182 valence electrons. The number of halogens is 6. The first kappa shape index (κ1) is 24.4. The highest BCUT2D eigenvalue weighted by atomic mass is 35.5. The SMILES string of the molecule is CC(C)(C)N1CC2(C1)OCc1cc(C3=NSC(c4cc(Cl)c(F)c(Cl)c4)(C(F)(F)F)C3)ccc12. The summed E-state index contributed by atoms with van der Waals surface area (Å²) in [5.41, 5.74) is 2.45.